The lowest BCUT2D eigenvalue weighted by Gasteiger charge is -2.13. The Morgan fingerprint density at radius 2 is 1.30 bits per heavy atom. The highest BCUT2D eigenvalue weighted by atomic mass is 32.2. The van der Waals surface area contributed by atoms with Crippen LogP contribution in [0.5, 0.6) is 0 Å². The quantitative estimate of drug-likeness (QED) is 0.597. The van der Waals surface area contributed by atoms with Crippen LogP contribution in [0, 0.1) is 6.92 Å². The summed E-state index contributed by atoms with van der Waals surface area (Å²) >= 11 is 0. The summed E-state index contributed by atoms with van der Waals surface area (Å²) in [5.41, 5.74) is 0.864. The molecule has 0 aliphatic carbocycles. The van der Waals surface area contributed by atoms with Crippen LogP contribution < -0.4 is 14.2 Å². The van der Waals surface area contributed by atoms with Crippen molar-refractivity contribution >= 4 is 41.4 Å². The van der Waals surface area contributed by atoms with Crippen LogP contribution >= 0.6 is 0 Å². The van der Waals surface area contributed by atoms with Crippen molar-refractivity contribution < 1.29 is 25.3 Å². The van der Waals surface area contributed by atoms with Gasteiger partial charge < -0.3 is 0 Å². The predicted octanol–water partition coefficient (Wildman–Crippen LogP) is 1.08. The van der Waals surface area contributed by atoms with Crippen LogP contribution in [0.1, 0.15) is 5.56 Å². The number of hydrogen-bond donors (Lipinski definition) is 3. The smallest absolute Gasteiger partial charge is 0.261 e. The highest BCUT2D eigenvalue weighted by Crippen LogP contribution is 2.24. The summed E-state index contributed by atoms with van der Waals surface area (Å²) in [6, 6.07) is 9.16. The molecule has 2 rings (SSSR count). The first kappa shape index (κ1) is 21.2. The molecule has 0 radical (unpaired) electrons. The van der Waals surface area contributed by atoms with Crippen molar-refractivity contribution in [2.75, 3.05) is 22.7 Å². The molecule has 0 unspecified atom stereocenters. The van der Waals surface area contributed by atoms with E-state index in [0.717, 1.165) is 6.26 Å². The molecule has 2 aromatic rings. The van der Waals surface area contributed by atoms with Gasteiger partial charge in [-0.1, -0.05) is 6.07 Å². The molecular formula is C15H19N3O6S3. The maximum Gasteiger partial charge on any atom is 0.261 e. The largest absolute Gasteiger partial charge is 0.284 e. The third-order valence-corrected chi connectivity index (χ3v) is 6.90. The number of anilines is 2. The molecule has 0 saturated heterocycles. The molecule has 27 heavy (non-hydrogen) atoms. The van der Waals surface area contributed by atoms with Gasteiger partial charge in [0.2, 0.25) is 20.0 Å². The van der Waals surface area contributed by atoms with Gasteiger partial charge in [0, 0.05) is 5.69 Å². The van der Waals surface area contributed by atoms with E-state index >= 15 is 0 Å². The molecule has 0 aliphatic heterocycles. The molecule has 2 aromatic carbocycles. The fraction of sp³-hybridized carbons (Fsp3) is 0.200. The molecule has 148 valence electrons. The summed E-state index contributed by atoms with van der Waals surface area (Å²) in [5, 5.41) is 0. The number of aryl methyl sites for hydroxylation is 1. The van der Waals surface area contributed by atoms with E-state index < -0.39 is 30.1 Å². The van der Waals surface area contributed by atoms with Crippen LogP contribution in [0.4, 0.5) is 11.4 Å². The Bertz CT molecular complexity index is 1160. The van der Waals surface area contributed by atoms with Gasteiger partial charge >= 0.3 is 0 Å². The Kier molecular flexibility index (Phi) is 5.85. The SMILES string of the molecule is CNS(=O)(=O)c1ccc(C)c(NS(=O)(=O)c2ccc(NS(C)(=O)=O)cc2)c1. The summed E-state index contributed by atoms with van der Waals surface area (Å²) in [6.07, 6.45) is 0.980. The van der Waals surface area contributed by atoms with Crippen LogP contribution in [0.2, 0.25) is 0 Å². The van der Waals surface area contributed by atoms with E-state index in [-0.39, 0.29) is 21.2 Å². The Labute approximate surface area is 159 Å². The van der Waals surface area contributed by atoms with Gasteiger partial charge in [0.05, 0.1) is 21.7 Å². The number of hydrogen-bond acceptors (Lipinski definition) is 6. The van der Waals surface area contributed by atoms with Gasteiger partial charge in [0.25, 0.3) is 10.0 Å². The second-order valence-corrected chi connectivity index (χ2v) is 11.0. The molecule has 0 aliphatic rings. The molecule has 3 N–H and O–H groups in total. The van der Waals surface area contributed by atoms with Gasteiger partial charge in [-0.3, -0.25) is 9.44 Å². The number of rotatable bonds is 7. The van der Waals surface area contributed by atoms with Crippen LogP contribution in [0.25, 0.3) is 0 Å². The number of nitrogens with one attached hydrogen (secondary N) is 3. The van der Waals surface area contributed by atoms with E-state index in [9.17, 15) is 25.3 Å². The first-order valence-corrected chi connectivity index (χ1v) is 12.3. The zero-order valence-electron chi connectivity index (χ0n) is 14.7. The molecule has 0 heterocycles. The maximum atomic E-state index is 12.6. The topological polar surface area (TPSA) is 139 Å². The molecule has 0 spiro atoms. The van der Waals surface area contributed by atoms with Gasteiger partial charge in [-0.25, -0.2) is 30.0 Å². The predicted molar refractivity (Wildman–Crippen MR) is 103 cm³/mol. The van der Waals surface area contributed by atoms with E-state index in [1.165, 1.54) is 49.5 Å². The lowest BCUT2D eigenvalue weighted by molar-refractivity contribution is 0.587. The third-order valence-electron chi connectivity index (χ3n) is 3.50. The van der Waals surface area contributed by atoms with Crippen LogP contribution in [0.3, 0.4) is 0 Å². The van der Waals surface area contributed by atoms with E-state index in [1.54, 1.807) is 6.92 Å². The lowest BCUT2D eigenvalue weighted by Crippen LogP contribution is -2.19. The summed E-state index contributed by atoms with van der Waals surface area (Å²) < 4.78 is 78.1. The van der Waals surface area contributed by atoms with Crippen LogP contribution in [-0.2, 0) is 30.1 Å². The van der Waals surface area contributed by atoms with Gasteiger partial charge in [0.15, 0.2) is 0 Å². The minimum Gasteiger partial charge on any atom is -0.284 e. The van der Waals surface area contributed by atoms with E-state index in [4.69, 9.17) is 0 Å². The van der Waals surface area contributed by atoms with Gasteiger partial charge in [-0.15, -0.1) is 0 Å². The molecule has 0 bridgehead atoms. The molecule has 12 heteroatoms. The molecule has 0 amide bonds. The first-order valence-electron chi connectivity index (χ1n) is 7.49. The van der Waals surface area contributed by atoms with Crippen LogP contribution in [0.15, 0.2) is 52.3 Å². The molecule has 0 saturated carbocycles. The average molecular weight is 434 g/mol. The van der Waals surface area contributed by atoms with Crippen molar-refractivity contribution in [2.24, 2.45) is 0 Å². The zero-order valence-corrected chi connectivity index (χ0v) is 17.2. The highest BCUT2D eigenvalue weighted by Gasteiger charge is 2.18. The van der Waals surface area contributed by atoms with Crippen molar-refractivity contribution in [1.82, 2.24) is 4.72 Å². The zero-order chi connectivity index (χ0) is 20.5. The molecule has 0 atom stereocenters. The Hall–Kier alpha value is -2.15. The van der Waals surface area contributed by atoms with Crippen LogP contribution in [-0.4, -0.2) is 38.6 Å². The molecule has 0 fully saturated rings. The van der Waals surface area contributed by atoms with Crippen molar-refractivity contribution in [1.29, 1.82) is 0 Å². The minimum absolute atomic E-state index is 0.0824. The first-order chi connectivity index (χ1) is 12.3. The lowest BCUT2D eigenvalue weighted by atomic mass is 10.2. The number of sulfonamides is 3. The summed E-state index contributed by atoms with van der Waals surface area (Å²) in [4.78, 5) is -0.191. The van der Waals surface area contributed by atoms with Gasteiger partial charge in [-0.2, -0.15) is 0 Å². The maximum absolute atomic E-state index is 12.6. The van der Waals surface area contributed by atoms with E-state index in [1.807, 2.05) is 0 Å². The van der Waals surface area contributed by atoms with Crippen molar-refractivity contribution in [2.45, 2.75) is 16.7 Å². The second kappa shape index (κ2) is 7.46. The monoisotopic (exact) mass is 433 g/mol. The summed E-state index contributed by atoms with van der Waals surface area (Å²) in [6.45, 7) is 1.63. The van der Waals surface area contributed by atoms with Crippen molar-refractivity contribution in [3.05, 3.63) is 48.0 Å². The third kappa shape index (κ3) is 5.42. The Morgan fingerprint density at radius 1 is 0.741 bits per heavy atom. The fourth-order valence-electron chi connectivity index (χ4n) is 2.12. The average Bonchev–Trinajstić information content (AvgIpc) is 2.55. The fourth-order valence-corrected chi connectivity index (χ4v) is 4.56. The molecule has 0 aromatic heterocycles. The molecule has 9 nitrogen and oxygen atoms in total. The van der Waals surface area contributed by atoms with Gasteiger partial charge in [-0.05, 0) is 55.9 Å². The second-order valence-electron chi connectivity index (χ2n) is 5.69. The van der Waals surface area contributed by atoms with E-state index in [2.05, 4.69) is 14.2 Å². The summed E-state index contributed by atoms with van der Waals surface area (Å²) in [7, 11) is -9.96. The minimum atomic E-state index is -4.01. The van der Waals surface area contributed by atoms with Crippen molar-refractivity contribution in [3.8, 4) is 0 Å². The molecular weight excluding hydrogens is 414 g/mol. The van der Waals surface area contributed by atoms with Gasteiger partial charge in [0.1, 0.15) is 0 Å². The normalized spacial score (nSPS) is 12.6. The summed E-state index contributed by atoms with van der Waals surface area (Å²) in [5.74, 6) is 0. The Morgan fingerprint density at radius 3 is 1.81 bits per heavy atom. The van der Waals surface area contributed by atoms with E-state index in [0.29, 0.717) is 5.56 Å². The Balaban J connectivity index is 2.35. The van der Waals surface area contributed by atoms with Crippen molar-refractivity contribution in [3.63, 3.8) is 0 Å². The number of benzene rings is 2. The highest BCUT2D eigenvalue weighted by molar-refractivity contribution is 7.93. The standard InChI is InChI=1S/C15H19N3O6S3/c1-11-4-7-14(26(21,22)16-2)10-15(11)18-27(23,24)13-8-5-12(6-9-13)17-25(3,19)20/h4-10,16-18H,1-3H3.